The zero-order valence-electron chi connectivity index (χ0n) is 26.1. The number of cyclic esters (lactones) is 1. The summed E-state index contributed by atoms with van der Waals surface area (Å²) in [5.41, 5.74) is 4.53. The van der Waals surface area contributed by atoms with Crippen LogP contribution in [0.15, 0.2) is 78.9 Å². The molecule has 0 bridgehead atoms. The number of methoxy groups -OCH3 is 3. The van der Waals surface area contributed by atoms with Gasteiger partial charge in [0, 0.05) is 17.5 Å². The van der Waals surface area contributed by atoms with Crippen molar-refractivity contribution < 1.29 is 38.0 Å². The molecule has 2 heterocycles. The van der Waals surface area contributed by atoms with E-state index in [1.165, 1.54) is 0 Å². The summed E-state index contributed by atoms with van der Waals surface area (Å²) in [5.74, 6) is 2.01. The van der Waals surface area contributed by atoms with Gasteiger partial charge in [-0.15, -0.1) is 0 Å². The van der Waals surface area contributed by atoms with E-state index in [-0.39, 0.29) is 31.3 Å². The van der Waals surface area contributed by atoms with Crippen molar-refractivity contribution in [2.24, 2.45) is 11.8 Å². The number of thiocarbonyl (C=S) groups is 1. The molecule has 0 saturated carbocycles. The Hall–Kier alpha value is -5.16. The van der Waals surface area contributed by atoms with Gasteiger partial charge in [-0.2, -0.15) is 0 Å². The van der Waals surface area contributed by atoms with E-state index in [4.69, 9.17) is 45.4 Å². The second-order valence-electron chi connectivity index (χ2n) is 11.5. The first kappa shape index (κ1) is 30.5. The van der Waals surface area contributed by atoms with Crippen molar-refractivity contribution in [1.29, 1.82) is 0 Å². The average molecular weight is 655 g/mol. The number of anilines is 1. The highest BCUT2D eigenvalue weighted by Crippen LogP contribution is 2.55. The monoisotopic (exact) mass is 654 g/mol. The smallest absolute Gasteiger partial charge is 0.310 e. The molecule has 7 rings (SSSR count). The Morgan fingerprint density at radius 1 is 0.851 bits per heavy atom. The number of benzene rings is 4. The van der Waals surface area contributed by atoms with Crippen LogP contribution in [0.3, 0.4) is 0 Å². The van der Waals surface area contributed by atoms with Crippen molar-refractivity contribution in [2.75, 3.05) is 40.0 Å². The Morgan fingerprint density at radius 2 is 1.53 bits per heavy atom. The highest BCUT2D eigenvalue weighted by atomic mass is 32.1. The van der Waals surface area contributed by atoms with Crippen molar-refractivity contribution in [1.82, 2.24) is 5.32 Å². The first-order valence-corrected chi connectivity index (χ1v) is 15.6. The summed E-state index contributed by atoms with van der Waals surface area (Å²) >= 11 is 5.82. The Bertz CT molecular complexity index is 1770. The summed E-state index contributed by atoms with van der Waals surface area (Å²) in [6, 6.07) is 24.9. The SMILES string of the molecule is COc1cc([C@@H]2c3cc4c(cc3[C@@H](NC(=S)Nc3ccc(OCc5ccccc5)cc3)[C@H]3COC(=O)[C@H]23)OCO4)cc(OC)c1OC. The topological polar surface area (TPSA) is 106 Å². The minimum atomic E-state index is -0.521. The third kappa shape index (κ3) is 5.83. The van der Waals surface area contributed by atoms with E-state index < -0.39 is 11.8 Å². The van der Waals surface area contributed by atoms with Crippen molar-refractivity contribution >= 4 is 29.0 Å². The van der Waals surface area contributed by atoms with Crippen LogP contribution in [-0.4, -0.2) is 45.8 Å². The van der Waals surface area contributed by atoms with Gasteiger partial charge in [0.25, 0.3) is 0 Å². The standard InChI is InChI=1S/C36H34N2O8S/c1-40-29-13-21(14-30(41-2)34(29)42-3)31-24-15-27-28(46-19-45-27)16-25(24)33(26-18-44-35(39)32(26)31)38-36(47)37-22-9-11-23(12-10-22)43-17-20-7-5-4-6-8-20/h4-16,26,31-33H,17-19H2,1-3H3,(H2,37,38,47)/t26-,31+,32-,33+/m0/s1. The van der Waals surface area contributed by atoms with Gasteiger partial charge in [0.15, 0.2) is 28.1 Å². The number of hydrogen-bond acceptors (Lipinski definition) is 9. The van der Waals surface area contributed by atoms with Gasteiger partial charge in [-0.1, -0.05) is 30.3 Å². The second-order valence-corrected chi connectivity index (χ2v) is 11.9. The first-order chi connectivity index (χ1) is 23.0. The highest BCUT2D eigenvalue weighted by Gasteiger charge is 2.53. The van der Waals surface area contributed by atoms with Gasteiger partial charge in [0.05, 0.1) is 39.9 Å². The molecule has 0 radical (unpaired) electrons. The fraction of sp³-hybridized carbons (Fsp3) is 0.278. The molecule has 0 amide bonds. The van der Waals surface area contributed by atoms with Crippen molar-refractivity contribution in [3.05, 3.63) is 101 Å². The summed E-state index contributed by atoms with van der Waals surface area (Å²) in [5, 5.41) is 7.18. The van der Waals surface area contributed by atoms with Crippen LogP contribution in [0.5, 0.6) is 34.5 Å². The molecule has 2 N–H and O–H groups in total. The largest absolute Gasteiger partial charge is 0.493 e. The molecule has 242 valence electrons. The molecule has 0 aromatic heterocycles. The Labute approximate surface area is 277 Å². The van der Waals surface area contributed by atoms with Gasteiger partial charge in [0.2, 0.25) is 12.5 Å². The van der Waals surface area contributed by atoms with Gasteiger partial charge >= 0.3 is 5.97 Å². The predicted molar refractivity (Wildman–Crippen MR) is 178 cm³/mol. The lowest BCUT2D eigenvalue weighted by Crippen LogP contribution is -2.44. The molecule has 0 unspecified atom stereocenters. The third-order valence-corrected chi connectivity index (χ3v) is 9.10. The fourth-order valence-corrected chi connectivity index (χ4v) is 6.96. The third-order valence-electron chi connectivity index (χ3n) is 8.88. The number of carbonyl (C=O) groups is 1. The van der Waals surface area contributed by atoms with Gasteiger partial charge in [0.1, 0.15) is 12.4 Å². The van der Waals surface area contributed by atoms with E-state index in [1.54, 1.807) is 21.3 Å². The number of nitrogens with one attached hydrogen (secondary N) is 2. The van der Waals surface area contributed by atoms with E-state index in [2.05, 4.69) is 10.6 Å². The highest BCUT2D eigenvalue weighted by molar-refractivity contribution is 7.80. The lowest BCUT2D eigenvalue weighted by molar-refractivity contribution is -0.141. The van der Waals surface area contributed by atoms with Crippen LogP contribution < -0.4 is 39.1 Å². The van der Waals surface area contributed by atoms with Crippen molar-refractivity contribution in [3.63, 3.8) is 0 Å². The van der Waals surface area contributed by atoms with E-state index in [0.717, 1.165) is 33.7 Å². The van der Waals surface area contributed by atoms with Crippen LogP contribution in [0.25, 0.3) is 0 Å². The molecule has 0 spiro atoms. The van der Waals surface area contributed by atoms with E-state index >= 15 is 0 Å². The number of fused-ring (bicyclic) bond motifs is 3. The van der Waals surface area contributed by atoms with Crippen LogP contribution in [0.1, 0.15) is 34.2 Å². The molecule has 1 aliphatic carbocycles. The van der Waals surface area contributed by atoms with Crippen LogP contribution >= 0.6 is 12.2 Å². The number of hydrogen-bond donors (Lipinski definition) is 2. The molecule has 1 saturated heterocycles. The quantitative estimate of drug-likeness (QED) is 0.164. The summed E-state index contributed by atoms with van der Waals surface area (Å²) in [4.78, 5) is 13.5. The van der Waals surface area contributed by atoms with Crippen LogP contribution in [0, 0.1) is 11.8 Å². The molecule has 2 aliphatic heterocycles. The molecule has 4 aromatic rings. The summed E-state index contributed by atoms with van der Waals surface area (Å²) in [6.45, 7) is 0.824. The van der Waals surface area contributed by atoms with Crippen molar-refractivity contribution in [3.8, 4) is 34.5 Å². The summed E-state index contributed by atoms with van der Waals surface area (Å²) in [6.07, 6.45) is 0. The van der Waals surface area contributed by atoms with E-state index in [9.17, 15) is 4.79 Å². The van der Waals surface area contributed by atoms with Gasteiger partial charge < -0.3 is 43.8 Å². The van der Waals surface area contributed by atoms with Gasteiger partial charge in [-0.25, -0.2) is 0 Å². The van der Waals surface area contributed by atoms with Crippen LogP contribution in [0.2, 0.25) is 0 Å². The zero-order valence-corrected chi connectivity index (χ0v) is 26.9. The minimum Gasteiger partial charge on any atom is -0.493 e. The lowest BCUT2D eigenvalue weighted by Gasteiger charge is -2.40. The summed E-state index contributed by atoms with van der Waals surface area (Å²) < 4.78 is 40.1. The number of carbonyl (C=O) groups excluding carboxylic acids is 1. The summed E-state index contributed by atoms with van der Waals surface area (Å²) in [7, 11) is 4.70. The normalized spacial score (nSPS) is 20.4. The second kappa shape index (κ2) is 12.9. The molecule has 47 heavy (non-hydrogen) atoms. The maximum atomic E-state index is 13.5. The molecule has 4 aromatic carbocycles. The molecule has 3 aliphatic rings. The lowest BCUT2D eigenvalue weighted by atomic mass is 9.65. The number of rotatable bonds is 9. The van der Waals surface area contributed by atoms with Gasteiger partial charge in [-0.3, -0.25) is 4.79 Å². The average Bonchev–Trinajstić information content (AvgIpc) is 3.73. The zero-order chi connectivity index (χ0) is 32.5. The van der Waals surface area contributed by atoms with Crippen LogP contribution in [0.4, 0.5) is 5.69 Å². The molecule has 4 atom stereocenters. The Morgan fingerprint density at radius 3 is 2.19 bits per heavy atom. The molecule has 11 heteroatoms. The van der Waals surface area contributed by atoms with Gasteiger partial charge in [-0.05, 0) is 83.0 Å². The fourth-order valence-electron chi connectivity index (χ4n) is 6.71. The van der Waals surface area contributed by atoms with Crippen LogP contribution in [-0.2, 0) is 16.1 Å². The number of esters is 1. The Balaban J connectivity index is 1.18. The first-order valence-electron chi connectivity index (χ1n) is 15.2. The van der Waals surface area contributed by atoms with Crippen molar-refractivity contribution in [2.45, 2.75) is 18.6 Å². The molecule has 10 nitrogen and oxygen atoms in total. The number of ether oxygens (including phenoxy) is 7. The molecular formula is C36H34N2O8S. The van der Waals surface area contributed by atoms with E-state index in [0.29, 0.717) is 40.5 Å². The predicted octanol–water partition coefficient (Wildman–Crippen LogP) is 5.98. The Kier molecular flexibility index (Phi) is 8.38. The van der Waals surface area contributed by atoms with E-state index in [1.807, 2.05) is 78.9 Å². The maximum Gasteiger partial charge on any atom is 0.310 e. The maximum absolute atomic E-state index is 13.5. The minimum absolute atomic E-state index is 0.116. The molecule has 1 fully saturated rings. The molecular weight excluding hydrogens is 620 g/mol.